The summed E-state index contributed by atoms with van der Waals surface area (Å²) in [6.07, 6.45) is 1.78. The Morgan fingerprint density at radius 1 is 0.639 bits per heavy atom. The first-order chi connectivity index (χ1) is 17.7. The lowest BCUT2D eigenvalue weighted by Gasteiger charge is -1.96. The summed E-state index contributed by atoms with van der Waals surface area (Å²) in [4.78, 5) is 9.22. The topological polar surface area (TPSA) is 91.0 Å². The number of fused-ring (bicyclic) bond motifs is 2. The number of hydrogen-bond acceptors (Lipinski definition) is 6. The normalized spacial score (nSPS) is 10.9. The van der Waals surface area contributed by atoms with Crippen LogP contribution >= 0.6 is 11.3 Å². The molecule has 4 N–H and O–H groups in total. The number of benzene rings is 4. The Kier molecular flexibility index (Phi) is 7.47. The van der Waals surface area contributed by atoms with E-state index in [-0.39, 0.29) is 0 Å². The summed E-state index contributed by atoms with van der Waals surface area (Å²) in [5.74, 6) is 0.662. The fourth-order valence-corrected chi connectivity index (χ4v) is 4.95. The van der Waals surface area contributed by atoms with E-state index in [2.05, 4.69) is 35.3 Å². The second-order valence-electron chi connectivity index (χ2n) is 8.45. The summed E-state index contributed by atoms with van der Waals surface area (Å²) in [5, 5.41) is 1.08. The Bertz CT molecular complexity index is 1440. The van der Waals surface area contributed by atoms with Crippen molar-refractivity contribution in [3.63, 3.8) is 0 Å². The van der Waals surface area contributed by atoms with Crippen LogP contribution in [0.15, 0.2) is 101 Å². The maximum Gasteiger partial charge on any atom is 0.227 e. The highest BCUT2D eigenvalue weighted by Gasteiger charge is 2.08. The minimum atomic E-state index is 0.648. The molecule has 0 aliphatic rings. The van der Waals surface area contributed by atoms with Crippen LogP contribution in [0, 0.1) is 0 Å². The highest BCUT2D eigenvalue weighted by Crippen LogP contribution is 2.30. The molecule has 0 aliphatic carbocycles. The summed E-state index contributed by atoms with van der Waals surface area (Å²) in [5.41, 5.74) is 18.5. The summed E-state index contributed by atoms with van der Waals surface area (Å²) in [7, 11) is 0. The lowest BCUT2D eigenvalue weighted by Crippen LogP contribution is -2.02. The Hall–Kier alpha value is -3.84. The minimum absolute atomic E-state index is 0.648. The van der Waals surface area contributed by atoms with Crippen molar-refractivity contribution in [1.82, 2.24) is 9.97 Å². The zero-order chi connectivity index (χ0) is 24.7. The molecular formula is C30H28N4OS. The molecule has 6 heteroatoms. The Labute approximate surface area is 214 Å². The molecule has 2 heterocycles. The van der Waals surface area contributed by atoms with Gasteiger partial charge in [0.2, 0.25) is 5.89 Å². The lowest BCUT2D eigenvalue weighted by molar-refractivity contribution is 0.620. The van der Waals surface area contributed by atoms with Crippen LogP contribution in [-0.4, -0.2) is 23.1 Å². The number of hydrogen-bond donors (Lipinski definition) is 2. The third-order valence-electron chi connectivity index (χ3n) is 5.81. The van der Waals surface area contributed by atoms with Gasteiger partial charge in [-0.25, -0.2) is 9.97 Å². The van der Waals surface area contributed by atoms with Gasteiger partial charge in [0.25, 0.3) is 0 Å². The molecule has 0 spiro atoms. The van der Waals surface area contributed by atoms with E-state index in [0.717, 1.165) is 40.0 Å². The molecule has 4 aromatic carbocycles. The van der Waals surface area contributed by atoms with Gasteiger partial charge in [-0.2, -0.15) is 0 Å². The average molecular weight is 493 g/mol. The van der Waals surface area contributed by atoms with Crippen molar-refractivity contribution in [3.8, 4) is 22.0 Å². The van der Waals surface area contributed by atoms with E-state index < -0.39 is 0 Å². The quantitative estimate of drug-likeness (QED) is 0.278. The molecule has 0 aliphatic heterocycles. The zero-order valence-corrected chi connectivity index (χ0v) is 20.7. The minimum Gasteiger partial charge on any atom is -0.436 e. The van der Waals surface area contributed by atoms with E-state index in [4.69, 9.17) is 20.9 Å². The highest BCUT2D eigenvalue weighted by atomic mass is 32.1. The number of oxazole rings is 1. The van der Waals surface area contributed by atoms with Gasteiger partial charge in [0.1, 0.15) is 10.5 Å². The smallest absolute Gasteiger partial charge is 0.227 e. The molecule has 0 saturated carbocycles. The zero-order valence-electron chi connectivity index (χ0n) is 19.9. The van der Waals surface area contributed by atoms with Crippen molar-refractivity contribution >= 4 is 32.7 Å². The first-order valence-corrected chi connectivity index (χ1v) is 12.8. The van der Waals surface area contributed by atoms with Crippen LogP contribution in [0.1, 0.15) is 11.1 Å². The van der Waals surface area contributed by atoms with E-state index >= 15 is 0 Å². The number of aromatic nitrogens is 2. The molecule has 0 radical (unpaired) electrons. The van der Waals surface area contributed by atoms with E-state index in [1.165, 1.54) is 21.4 Å². The molecule has 6 aromatic rings. The Balaban J connectivity index is 0.000000148. The second kappa shape index (κ2) is 11.3. The molecule has 180 valence electrons. The molecule has 5 nitrogen and oxygen atoms in total. The van der Waals surface area contributed by atoms with Crippen LogP contribution in [0.25, 0.3) is 43.3 Å². The molecule has 36 heavy (non-hydrogen) atoms. The van der Waals surface area contributed by atoms with Crippen molar-refractivity contribution in [2.45, 2.75) is 12.8 Å². The predicted molar refractivity (Wildman–Crippen MR) is 150 cm³/mol. The molecule has 0 unspecified atom stereocenters. The first-order valence-electron chi connectivity index (χ1n) is 12.0. The van der Waals surface area contributed by atoms with Crippen molar-refractivity contribution in [2.75, 3.05) is 13.1 Å². The maximum atomic E-state index is 5.74. The van der Waals surface area contributed by atoms with Gasteiger partial charge in [0, 0.05) is 11.1 Å². The van der Waals surface area contributed by atoms with E-state index in [9.17, 15) is 0 Å². The number of thiazole rings is 1. The van der Waals surface area contributed by atoms with Crippen LogP contribution < -0.4 is 11.5 Å². The molecule has 0 fully saturated rings. The summed E-state index contributed by atoms with van der Waals surface area (Å²) in [6, 6.07) is 32.7. The van der Waals surface area contributed by atoms with Gasteiger partial charge in [0.05, 0.1) is 10.2 Å². The van der Waals surface area contributed by atoms with Crippen molar-refractivity contribution in [1.29, 1.82) is 0 Å². The largest absolute Gasteiger partial charge is 0.436 e. The second-order valence-corrected chi connectivity index (χ2v) is 9.48. The molecule has 0 amide bonds. The van der Waals surface area contributed by atoms with E-state index in [0.29, 0.717) is 19.0 Å². The van der Waals surface area contributed by atoms with E-state index in [1.807, 2.05) is 66.7 Å². The summed E-state index contributed by atoms with van der Waals surface area (Å²) >= 11 is 1.73. The first kappa shape index (κ1) is 23.9. The molecule has 6 rings (SSSR count). The third kappa shape index (κ3) is 5.52. The Morgan fingerprint density at radius 3 is 1.92 bits per heavy atom. The molecule has 0 atom stereocenters. The molecular weight excluding hydrogens is 464 g/mol. The van der Waals surface area contributed by atoms with Gasteiger partial charge in [-0.3, -0.25) is 0 Å². The van der Waals surface area contributed by atoms with Crippen LogP contribution in [0.2, 0.25) is 0 Å². The van der Waals surface area contributed by atoms with Crippen LogP contribution in [0.4, 0.5) is 0 Å². The molecule has 0 saturated heterocycles. The van der Waals surface area contributed by atoms with Crippen molar-refractivity contribution in [2.24, 2.45) is 11.5 Å². The number of nitrogens with two attached hydrogens (primary N) is 2. The Morgan fingerprint density at radius 2 is 1.25 bits per heavy atom. The van der Waals surface area contributed by atoms with Crippen molar-refractivity contribution < 1.29 is 4.42 Å². The van der Waals surface area contributed by atoms with Gasteiger partial charge >= 0.3 is 0 Å². The number of rotatable bonds is 6. The third-order valence-corrected chi connectivity index (χ3v) is 6.90. The van der Waals surface area contributed by atoms with Crippen LogP contribution in [-0.2, 0) is 12.8 Å². The molecule has 2 aromatic heterocycles. The van der Waals surface area contributed by atoms with Gasteiger partial charge in [-0.1, -0.05) is 60.7 Å². The van der Waals surface area contributed by atoms with Crippen LogP contribution in [0.5, 0.6) is 0 Å². The van der Waals surface area contributed by atoms with Gasteiger partial charge in [0.15, 0.2) is 5.58 Å². The van der Waals surface area contributed by atoms with E-state index in [1.54, 1.807) is 11.3 Å². The lowest BCUT2D eigenvalue weighted by atomic mass is 10.1. The van der Waals surface area contributed by atoms with Gasteiger partial charge < -0.3 is 15.9 Å². The summed E-state index contributed by atoms with van der Waals surface area (Å²) in [6.45, 7) is 1.33. The van der Waals surface area contributed by atoms with Crippen LogP contribution in [0.3, 0.4) is 0 Å². The SMILES string of the molecule is NCCc1ccc2oc(-c3ccccc3)nc2c1.NCCc1ccc2sc(-c3ccccc3)nc2c1. The average Bonchev–Trinajstić information content (AvgIpc) is 3.54. The molecule has 0 bridgehead atoms. The predicted octanol–water partition coefficient (Wildman–Crippen LogP) is 6.46. The van der Waals surface area contributed by atoms with Crippen molar-refractivity contribution in [3.05, 3.63) is 108 Å². The maximum absolute atomic E-state index is 5.74. The number of nitrogens with zero attached hydrogens (tertiary/aromatic N) is 2. The standard InChI is InChI=1S/C15H14N2O.C15H14N2S/c2*16-9-8-11-6-7-14-13(10-11)17-15(18-14)12-4-2-1-3-5-12/h2*1-7,10H,8-9,16H2. The fourth-order valence-electron chi connectivity index (χ4n) is 4.00. The van der Waals surface area contributed by atoms with Gasteiger partial charge in [-0.05, 0) is 73.5 Å². The van der Waals surface area contributed by atoms with Gasteiger partial charge in [-0.15, -0.1) is 11.3 Å². The fraction of sp³-hybridized carbons (Fsp3) is 0.133. The monoisotopic (exact) mass is 492 g/mol. The highest BCUT2D eigenvalue weighted by molar-refractivity contribution is 7.21. The summed E-state index contributed by atoms with van der Waals surface area (Å²) < 4.78 is 6.98.